The zero-order chi connectivity index (χ0) is 14.9. The van der Waals surface area contributed by atoms with Gasteiger partial charge in [0.25, 0.3) is 0 Å². The average molecular weight is 298 g/mol. The first-order valence-electron chi connectivity index (χ1n) is 5.39. The topological polar surface area (TPSA) is 121 Å². The second-order valence-corrected chi connectivity index (χ2v) is 4.32. The molecule has 0 saturated heterocycles. The molecule has 0 aliphatic rings. The monoisotopic (exact) mass is 297 g/mol. The van der Waals surface area contributed by atoms with Crippen LogP contribution in [0.5, 0.6) is 0 Å². The van der Waals surface area contributed by atoms with Gasteiger partial charge in [-0.25, -0.2) is 9.37 Å². The summed E-state index contributed by atoms with van der Waals surface area (Å²) in [5.41, 5.74) is 10.5. The Morgan fingerprint density at radius 1 is 1.35 bits per heavy atom. The highest BCUT2D eigenvalue weighted by Crippen LogP contribution is 2.28. The smallest absolute Gasteiger partial charge is 0.332 e. The molecule has 0 unspecified atom stereocenters. The van der Waals surface area contributed by atoms with Crippen LogP contribution in [-0.2, 0) is 6.42 Å². The third kappa shape index (κ3) is 2.59. The highest BCUT2D eigenvalue weighted by molar-refractivity contribution is 6.30. The van der Waals surface area contributed by atoms with Gasteiger partial charge in [-0.1, -0.05) is 23.7 Å². The minimum atomic E-state index is -0.730. The SMILES string of the molecule is Nc1nc(N)c([N+](=O)[O-])c(Cc2cccc(Cl)c2F)n1. The van der Waals surface area contributed by atoms with Crippen molar-refractivity contribution in [1.29, 1.82) is 0 Å². The molecule has 1 aromatic heterocycles. The summed E-state index contributed by atoms with van der Waals surface area (Å²) in [7, 11) is 0. The van der Waals surface area contributed by atoms with Crippen molar-refractivity contribution < 1.29 is 9.31 Å². The van der Waals surface area contributed by atoms with E-state index in [1.165, 1.54) is 18.2 Å². The summed E-state index contributed by atoms with van der Waals surface area (Å²) >= 11 is 5.65. The van der Waals surface area contributed by atoms with Crippen LogP contribution in [0.4, 0.5) is 21.8 Å². The highest BCUT2D eigenvalue weighted by atomic mass is 35.5. The van der Waals surface area contributed by atoms with Gasteiger partial charge in [0.1, 0.15) is 11.5 Å². The van der Waals surface area contributed by atoms with E-state index in [1.807, 2.05) is 0 Å². The van der Waals surface area contributed by atoms with Crippen LogP contribution in [0, 0.1) is 15.9 Å². The van der Waals surface area contributed by atoms with E-state index in [1.54, 1.807) is 0 Å². The number of halogens is 2. The molecule has 0 bridgehead atoms. The van der Waals surface area contributed by atoms with E-state index in [4.69, 9.17) is 23.1 Å². The van der Waals surface area contributed by atoms with Gasteiger partial charge in [0.05, 0.1) is 9.95 Å². The third-order valence-electron chi connectivity index (χ3n) is 2.57. The summed E-state index contributed by atoms with van der Waals surface area (Å²) in [5, 5.41) is 10.9. The van der Waals surface area contributed by atoms with Crippen LogP contribution in [0.2, 0.25) is 5.02 Å². The molecule has 1 heterocycles. The van der Waals surface area contributed by atoms with Crippen LogP contribution >= 0.6 is 11.6 Å². The molecule has 0 aliphatic carbocycles. The summed E-state index contributed by atoms with van der Waals surface area (Å²) in [5.74, 6) is -1.25. The molecular weight excluding hydrogens is 289 g/mol. The van der Waals surface area contributed by atoms with Crippen LogP contribution in [-0.4, -0.2) is 14.9 Å². The molecular formula is C11H9ClFN5O2. The van der Waals surface area contributed by atoms with Crippen molar-refractivity contribution in [3.8, 4) is 0 Å². The molecule has 4 N–H and O–H groups in total. The first kappa shape index (κ1) is 13.9. The van der Waals surface area contributed by atoms with Crippen molar-refractivity contribution in [3.05, 3.63) is 50.4 Å². The molecule has 104 valence electrons. The van der Waals surface area contributed by atoms with E-state index >= 15 is 0 Å². The molecule has 0 spiro atoms. The molecule has 0 fully saturated rings. The fourth-order valence-corrected chi connectivity index (χ4v) is 1.92. The van der Waals surface area contributed by atoms with E-state index < -0.39 is 16.4 Å². The van der Waals surface area contributed by atoms with Gasteiger partial charge in [-0.3, -0.25) is 10.1 Å². The maximum Gasteiger partial charge on any atom is 0.332 e. The van der Waals surface area contributed by atoms with Gasteiger partial charge in [-0.15, -0.1) is 0 Å². The number of anilines is 2. The average Bonchev–Trinajstić information content (AvgIpc) is 2.33. The van der Waals surface area contributed by atoms with Gasteiger partial charge in [0.2, 0.25) is 11.8 Å². The first-order valence-corrected chi connectivity index (χ1v) is 5.77. The zero-order valence-corrected chi connectivity index (χ0v) is 10.8. The van der Waals surface area contributed by atoms with Crippen LogP contribution in [0.25, 0.3) is 0 Å². The second-order valence-electron chi connectivity index (χ2n) is 3.91. The maximum atomic E-state index is 13.8. The predicted molar refractivity (Wildman–Crippen MR) is 71.7 cm³/mol. The lowest BCUT2D eigenvalue weighted by molar-refractivity contribution is -0.385. The summed E-state index contributed by atoms with van der Waals surface area (Å²) in [6.07, 6.45) is -0.167. The summed E-state index contributed by atoms with van der Waals surface area (Å²) in [6, 6.07) is 4.34. The fourth-order valence-electron chi connectivity index (χ4n) is 1.73. The molecule has 0 amide bonds. The normalized spacial score (nSPS) is 10.5. The number of nitrogen functional groups attached to an aromatic ring is 2. The third-order valence-corrected chi connectivity index (χ3v) is 2.86. The molecule has 2 aromatic rings. The first-order chi connectivity index (χ1) is 9.40. The predicted octanol–water partition coefficient (Wildman–Crippen LogP) is 1.93. The van der Waals surface area contributed by atoms with Gasteiger partial charge < -0.3 is 11.5 Å². The van der Waals surface area contributed by atoms with Crippen molar-refractivity contribution in [3.63, 3.8) is 0 Å². The van der Waals surface area contributed by atoms with E-state index in [2.05, 4.69) is 9.97 Å². The fraction of sp³-hybridized carbons (Fsp3) is 0.0909. The molecule has 0 aliphatic heterocycles. The summed E-state index contributed by atoms with van der Waals surface area (Å²) in [6.45, 7) is 0. The van der Waals surface area contributed by atoms with Crippen molar-refractivity contribution in [2.24, 2.45) is 0 Å². The molecule has 9 heteroatoms. The maximum absolute atomic E-state index is 13.8. The number of nitro groups is 1. The van der Waals surface area contributed by atoms with Crippen LogP contribution in [0.3, 0.4) is 0 Å². The number of nitrogens with zero attached hydrogens (tertiary/aromatic N) is 3. The minimum absolute atomic E-state index is 0.0684. The van der Waals surface area contributed by atoms with Crippen molar-refractivity contribution >= 4 is 29.1 Å². The Kier molecular flexibility index (Phi) is 3.66. The molecule has 2 rings (SSSR count). The van der Waals surface area contributed by atoms with E-state index in [9.17, 15) is 14.5 Å². The Bertz CT molecular complexity index is 695. The number of nitrogens with two attached hydrogens (primary N) is 2. The van der Waals surface area contributed by atoms with Crippen molar-refractivity contribution in [2.75, 3.05) is 11.5 Å². The number of aromatic nitrogens is 2. The Balaban J connectivity index is 2.53. The molecule has 0 atom stereocenters. The summed E-state index contributed by atoms with van der Waals surface area (Å²) in [4.78, 5) is 17.5. The minimum Gasteiger partial charge on any atom is -0.378 e. The van der Waals surface area contributed by atoms with E-state index in [0.29, 0.717) is 0 Å². The lowest BCUT2D eigenvalue weighted by Crippen LogP contribution is -2.09. The van der Waals surface area contributed by atoms with E-state index in [-0.39, 0.29) is 34.5 Å². The van der Waals surface area contributed by atoms with Gasteiger partial charge in [0.15, 0.2) is 0 Å². The van der Waals surface area contributed by atoms with Crippen LogP contribution in [0.15, 0.2) is 18.2 Å². The van der Waals surface area contributed by atoms with Crippen molar-refractivity contribution in [1.82, 2.24) is 9.97 Å². The van der Waals surface area contributed by atoms with Gasteiger partial charge >= 0.3 is 5.69 Å². The molecule has 0 radical (unpaired) electrons. The highest BCUT2D eigenvalue weighted by Gasteiger charge is 2.23. The van der Waals surface area contributed by atoms with Gasteiger partial charge in [0, 0.05) is 6.42 Å². The molecule has 20 heavy (non-hydrogen) atoms. The number of hydrogen-bond acceptors (Lipinski definition) is 6. The Morgan fingerprint density at radius 3 is 2.70 bits per heavy atom. The number of benzene rings is 1. The lowest BCUT2D eigenvalue weighted by Gasteiger charge is -2.07. The number of rotatable bonds is 3. The van der Waals surface area contributed by atoms with E-state index in [0.717, 1.165) is 0 Å². The quantitative estimate of drug-likeness (QED) is 0.659. The summed E-state index contributed by atoms with van der Waals surface area (Å²) < 4.78 is 13.8. The lowest BCUT2D eigenvalue weighted by atomic mass is 10.1. The Morgan fingerprint density at radius 2 is 2.05 bits per heavy atom. The molecule has 0 saturated carbocycles. The number of hydrogen-bond donors (Lipinski definition) is 2. The molecule has 7 nitrogen and oxygen atoms in total. The molecule has 1 aromatic carbocycles. The van der Waals surface area contributed by atoms with Crippen molar-refractivity contribution in [2.45, 2.75) is 6.42 Å². The van der Waals surface area contributed by atoms with Crippen LogP contribution < -0.4 is 11.5 Å². The van der Waals surface area contributed by atoms with Crippen LogP contribution in [0.1, 0.15) is 11.3 Å². The second kappa shape index (κ2) is 5.25. The Hall–Kier alpha value is -2.48. The Labute approximate surface area is 117 Å². The zero-order valence-electron chi connectivity index (χ0n) is 10.0. The largest absolute Gasteiger partial charge is 0.378 e. The van der Waals surface area contributed by atoms with Gasteiger partial charge in [-0.2, -0.15) is 4.98 Å². The standard InChI is InChI=1S/C11H9ClFN5O2/c12-6-3-1-2-5(8(6)13)4-7-9(18(19)20)10(14)17-11(15)16-7/h1-3H,4H2,(H4,14,15,16,17). The van der Waals surface area contributed by atoms with Gasteiger partial charge in [-0.05, 0) is 11.6 Å².